The Morgan fingerprint density at radius 2 is 1.52 bits per heavy atom. The van der Waals surface area contributed by atoms with E-state index in [0.717, 1.165) is 58.2 Å². The van der Waals surface area contributed by atoms with E-state index >= 15 is 0 Å². The summed E-state index contributed by atoms with van der Waals surface area (Å²) >= 11 is 0. The van der Waals surface area contributed by atoms with E-state index in [1.165, 1.54) is 26.4 Å². The molecule has 3 amide bonds. The molecule has 4 aromatic carbocycles. The molecule has 3 aliphatic rings. The van der Waals surface area contributed by atoms with Crippen LogP contribution in [0, 0.1) is 11.8 Å². The molecule has 0 spiro atoms. The zero-order valence-corrected chi connectivity index (χ0v) is 36.8. The molecular weight excluding hydrogens is 781 g/mol. The Kier molecular flexibility index (Phi) is 14.8. The number of fused-ring (bicyclic) bond motifs is 1. The van der Waals surface area contributed by atoms with E-state index in [1.807, 2.05) is 112 Å². The van der Waals surface area contributed by atoms with Gasteiger partial charge in [-0.25, -0.2) is 9.59 Å². The molecule has 8 atom stereocenters. The first kappa shape index (κ1) is 45.0. The number of nitrogens with zero attached hydrogens (tertiary/aromatic N) is 1. The first-order valence-electron chi connectivity index (χ1n) is 22.3. The van der Waals surface area contributed by atoms with Crippen LogP contribution in [0.1, 0.15) is 106 Å². The van der Waals surface area contributed by atoms with Crippen molar-refractivity contribution >= 4 is 17.9 Å². The highest BCUT2D eigenvalue weighted by molar-refractivity contribution is 5.84. The molecule has 4 N–H and O–H groups in total. The number of ether oxygens (including phenoxy) is 3. The van der Waals surface area contributed by atoms with Crippen molar-refractivity contribution in [1.82, 2.24) is 20.9 Å². The van der Waals surface area contributed by atoms with Crippen molar-refractivity contribution in [2.24, 2.45) is 11.8 Å². The van der Waals surface area contributed by atoms with Crippen molar-refractivity contribution in [1.29, 1.82) is 0 Å². The van der Waals surface area contributed by atoms with Gasteiger partial charge in [-0.15, -0.1) is 0 Å². The summed E-state index contributed by atoms with van der Waals surface area (Å²) in [7, 11) is 1.31. The van der Waals surface area contributed by atoms with Crippen LogP contribution >= 0.6 is 0 Å². The molecule has 2 aliphatic heterocycles. The van der Waals surface area contributed by atoms with Gasteiger partial charge in [-0.3, -0.25) is 9.69 Å². The van der Waals surface area contributed by atoms with E-state index in [1.54, 1.807) is 0 Å². The summed E-state index contributed by atoms with van der Waals surface area (Å²) in [5, 5.41) is 18.8. The second-order valence-corrected chi connectivity index (χ2v) is 18.4. The van der Waals surface area contributed by atoms with Crippen molar-refractivity contribution in [3.63, 3.8) is 0 Å². The number of amides is 3. The van der Waals surface area contributed by atoms with Crippen molar-refractivity contribution in [2.45, 2.75) is 128 Å². The van der Waals surface area contributed by atoms with Crippen molar-refractivity contribution in [3.05, 3.63) is 131 Å². The largest absolute Gasteiger partial charge is 0.467 e. The van der Waals surface area contributed by atoms with Gasteiger partial charge in [0, 0.05) is 42.6 Å². The highest BCUT2D eigenvalue weighted by Crippen LogP contribution is 2.45. The monoisotopic (exact) mass is 844 g/mol. The Morgan fingerprint density at radius 3 is 2.24 bits per heavy atom. The van der Waals surface area contributed by atoms with Gasteiger partial charge < -0.3 is 35.3 Å². The predicted octanol–water partition coefficient (Wildman–Crippen LogP) is 8.16. The van der Waals surface area contributed by atoms with Gasteiger partial charge in [-0.05, 0) is 97.9 Å². The number of carbonyl (C=O) groups excluding carboxylic acids is 3. The van der Waals surface area contributed by atoms with E-state index < -0.39 is 24.3 Å². The van der Waals surface area contributed by atoms with Crippen LogP contribution in [0.2, 0.25) is 0 Å². The molecule has 3 fully saturated rings. The number of nitrogens with one attached hydrogen (secondary N) is 3. The fourth-order valence-electron chi connectivity index (χ4n) is 9.57. The fraction of sp³-hybridized carbons (Fsp3) is 0.471. The number of aliphatic hydroxyl groups excluding tert-OH is 1. The minimum Gasteiger partial charge on any atom is -0.467 e. The Labute approximate surface area is 366 Å². The maximum atomic E-state index is 14.0. The van der Waals surface area contributed by atoms with Gasteiger partial charge in [0.25, 0.3) is 0 Å². The molecule has 1 aliphatic carbocycles. The lowest BCUT2D eigenvalue weighted by molar-refractivity contribution is -0.278. The van der Waals surface area contributed by atoms with Crippen LogP contribution in [0.15, 0.2) is 103 Å². The summed E-state index contributed by atoms with van der Waals surface area (Å²) < 4.78 is 18.9. The average molecular weight is 845 g/mol. The van der Waals surface area contributed by atoms with Crippen LogP contribution in [-0.4, -0.2) is 71.3 Å². The van der Waals surface area contributed by atoms with Crippen LogP contribution in [-0.2, 0) is 43.4 Å². The number of benzene rings is 4. The number of aliphatic hydroxyl groups is 1. The number of urea groups is 1. The number of piperidine rings is 1. The molecule has 8 unspecified atom stereocenters. The highest BCUT2D eigenvalue weighted by Gasteiger charge is 2.46. The van der Waals surface area contributed by atoms with Gasteiger partial charge in [-0.2, -0.15) is 0 Å². The van der Waals surface area contributed by atoms with E-state index in [-0.39, 0.29) is 48.8 Å². The van der Waals surface area contributed by atoms with Gasteiger partial charge in [-0.1, -0.05) is 111 Å². The lowest BCUT2D eigenvalue weighted by Gasteiger charge is -2.51. The zero-order chi connectivity index (χ0) is 43.8. The first-order chi connectivity index (χ1) is 29.9. The number of rotatable bonds is 13. The normalized spacial score (nSPS) is 24.6. The van der Waals surface area contributed by atoms with Crippen LogP contribution < -0.4 is 16.0 Å². The first-order valence-corrected chi connectivity index (χ1v) is 22.3. The van der Waals surface area contributed by atoms with Crippen molar-refractivity contribution < 1.29 is 33.7 Å². The SMILES string of the molecule is COC(=O)C(Cc1ccccc1)NC(=O)NCc1cccc(-c2cccc(C3OC(CN4C(C(=O)NC(C)(C)C)CCC5CCCCC54)C(C)C(c4ccc(CO)cc4)O3)c2)c1. The van der Waals surface area contributed by atoms with E-state index in [9.17, 15) is 19.5 Å². The minimum atomic E-state index is -0.832. The van der Waals surface area contributed by atoms with Crippen LogP contribution in [0.5, 0.6) is 0 Å². The lowest BCUT2D eigenvalue weighted by atomic mass is 9.75. The molecule has 7 rings (SSSR count). The third-order valence-electron chi connectivity index (χ3n) is 12.8. The third kappa shape index (κ3) is 11.3. The minimum absolute atomic E-state index is 0.0346. The highest BCUT2D eigenvalue weighted by atomic mass is 16.7. The molecule has 2 saturated heterocycles. The molecule has 11 nitrogen and oxygen atoms in total. The average Bonchev–Trinajstić information content (AvgIpc) is 3.28. The molecule has 1 saturated carbocycles. The molecule has 4 aromatic rings. The zero-order valence-electron chi connectivity index (χ0n) is 36.8. The fourth-order valence-corrected chi connectivity index (χ4v) is 9.57. The quantitative estimate of drug-likeness (QED) is 0.0990. The summed E-state index contributed by atoms with van der Waals surface area (Å²) in [6.45, 7) is 9.14. The summed E-state index contributed by atoms with van der Waals surface area (Å²) in [6.07, 6.45) is 5.69. The van der Waals surface area contributed by atoms with Gasteiger partial charge in [0.1, 0.15) is 6.04 Å². The Morgan fingerprint density at radius 1 is 0.806 bits per heavy atom. The maximum Gasteiger partial charge on any atom is 0.328 e. The Balaban J connectivity index is 1.11. The molecular formula is C51H64N4O7. The molecule has 0 aromatic heterocycles. The van der Waals surface area contributed by atoms with E-state index in [4.69, 9.17) is 14.2 Å². The maximum absolute atomic E-state index is 14.0. The summed E-state index contributed by atoms with van der Waals surface area (Å²) in [6, 6.07) is 32.5. The predicted molar refractivity (Wildman–Crippen MR) is 240 cm³/mol. The van der Waals surface area contributed by atoms with Gasteiger partial charge in [0.05, 0.1) is 32.0 Å². The topological polar surface area (TPSA) is 138 Å². The van der Waals surface area contributed by atoms with Crippen molar-refractivity contribution in [2.75, 3.05) is 13.7 Å². The molecule has 0 radical (unpaired) electrons. The molecule has 330 valence electrons. The molecule has 62 heavy (non-hydrogen) atoms. The van der Waals surface area contributed by atoms with Gasteiger partial charge in [0.2, 0.25) is 5.91 Å². The van der Waals surface area contributed by atoms with Crippen LogP contribution in [0.25, 0.3) is 11.1 Å². The molecule has 11 heteroatoms. The summed E-state index contributed by atoms with van der Waals surface area (Å²) in [4.78, 5) is 42.0. The van der Waals surface area contributed by atoms with Crippen molar-refractivity contribution in [3.8, 4) is 11.1 Å². The third-order valence-corrected chi connectivity index (χ3v) is 12.8. The number of likely N-dealkylation sites (tertiary alicyclic amines) is 1. The van der Waals surface area contributed by atoms with Crippen LogP contribution in [0.4, 0.5) is 4.79 Å². The smallest absolute Gasteiger partial charge is 0.328 e. The second-order valence-electron chi connectivity index (χ2n) is 18.4. The molecule has 2 heterocycles. The van der Waals surface area contributed by atoms with E-state index in [2.05, 4.69) is 39.9 Å². The number of esters is 1. The Bertz CT molecular complexity index is 2120. The lowest BCUT2D eigenvalue weighted by Crippen LogP contribution is -2.61. The van der Waals surface area contributed by atoms with E-state index in [0.29, 0.717) is 24.9 Å². The molecule has 0 bridgehead atoms. The summed E-state index contributed by atoms with van der Waals surface area (Å²) in [5.74, 6) is 0.115. The Hall–Kier alpha value is -5.07. The summed E-state index contributed by atoms with van der Waals surface area (Å²) in [5.41, 5.74) is 6.12. The number of hydrogen-bond donors (Lipinski definition) is 4. The number of methoxy groups -OCH3 is 1. The van der Waals surface area contributed by atoms with Gasteiger partial charge >= 0.3 is 12.0 Å². The van der Waals surface area contributed by atoms with Gasteiger partial charge in [0.15, 0.2) is 6.29 Å². The van der Waals surface area contributed by atoms with Crippen LogP contribution in [0.3, 0.4) is 0 Å². The number of hydrogen-bond acceptors (Lipinski definition) is 8. The second kappa shape index (κ2) is 20.4. The standard InChI is InChI=1S/C51H64N4O7/c1-33-45(31-55-43-20-10-9-16-37(43)25-26-44(55)47(57)54-51(2,3)4)61-49(62-46(33)38-23-21-35(32-56)22-24-38)41-19-12-18-40(29-41)39-17-11-15-36(27-39)30-52-50(59)53-42(48(58)60-5)28-34-13-7-6-8-14-34/h6-8,11-15,17-19,21-24,27,29,33,37,42-46,49,56H,9-10,16,20,25-26,28,30-32H2,1-5H3,(H,54,57)(H2,52,53,59). The number of carbonyl (C=O) groups is 3.